The fourth-order valence-corrected chi connectivity index (χ4v) is 2.68. The van der Waals surface area contributed by atoms with E-state index in [-0.39, 0.29) is 5.75 Å². The quantitative estimate of drug-likeness (QED) is 0.432. The van der Waals surface area contributed by atoms with E-state index in [1.165, 1.54) is 6.26 Å². The number of hydrogen-bond acceptors (Lipinski definition) is 6. The smallest absolute Gasteiger partial charge is 0.148 e. The summed E-state index contributed by atoms with van der Waals surface area (Å²) in [5.74, 6) is 1.42. The van der Waals surface area contributed by atoms with Crippen molar-refractivity contribution in [2.75, 3.05) is 32.6 Å². The molecular formula is C18H22N4O3S. The average Bonchev–Trinajstić information content (AvgIpc) is 3.04. The molecule has 0 aliphatic rings. The van der Waals surface area contributed by atoms with Crippen molar-refractivity contribution in [3.8, 4) is 17.4 Å². The molecule has 0 radical (unpaired) electrons. The van der Waals surface area contributed by atoms with Crippen molar-refractivity contribution in [3.05, 3.63) is 41.7 Å². The van der Waals surface area contributed by atoms with E-state index in [0.717, 1.165) is 5.56 Å². The van der Waals surface area contributed by atoms with Crippen LogP contribution in [0.15, 0.2) is 39.7 Å². The summed E-state index contributed by atoms with van der Waals surface area (Å²) in [5.41, 5.74) is 1.84. The third-order valence-corrected chi connectivity index (χ3v) is 4.39. The van der Waals surface area contributed by atoms with Crippen molar-refractivity contribution < 1.29 is 12.8 Å². The third-order valence-electron chi connectivity index (χ3n) is 3.44. The maximum absolute atomic E-state index is 11.1. The Morgan fingerprint density at radius 1 is 1.31 bits per heavy atom. The Balaban J connectivity index is 2.07. The van der Waals surface area contributed by atoms with Crippen LogP contribution in [-0.4, -0.2) is 52.3 Å². The van der Waals surface area contributed by atoms with Crippen molar-refractivity contribution >= 4 is 21.9 Å². The van der Waals surface area contributed by atoms with Gasteiger partial charge in [-0.25, -0.2) is 13.4 Å². The summed E-state index contributed by atoms with van der Waals surface area (Å²) in [6.07, 6.45) is 2.85. The molecule has 26 heavy (non-hydrogen) atoms. The Morgan fingerprint density at radius 3 is 2.73 bits per heavy atom. The van der Waals surface area contributed by atoms with Gasteiger partial charge in [-0.05, 0) is 30.3 Å². The van der Waals surface area contributed by atoms with Crippen LogP contribution in [-0.2, 0) is 16.4 Å². The Morgan fingerprint density at radius 2 is 2.08 bits per heavy atom. The SMILES string of the molecule is CN(C)C=Nc1ccc(-c2ccc(CNCCS(C)(=O)=O)o2)cc1C#N. The van der Waals surface area contributed by atoms with Crippen LogP contribution in [0.5, 0.6) is 0 Å². The summed E-state index contributed by atoms with van der Waals surface area (Å²) in [7, 11) is 0.742. The molecule has 0 saturated carbocycles. The van der Waals surface area contributed by atoms with Crippen LogP contribution in [0.2, 0.25) is 0 Å². The van der Waals surface area contributed by atoms with Gasteiger partial charge in [-0.2, -0.15) is 5.26 Å². The van der Waals surface area contributed by atoms with Gasteiger partial charge in [0, 0.05) is 32.5 Å². The lowest BCUT2D eigenvalue weighted by Gasteiger charge is -2.05. The highest BCUT2D eigenvalue weighted by Gasteiger charge is 2.09. The van der Waals surface area contributed by atoms with Gasteiger partial charge in [0.2, 0.25) is 0 Å². The molecule has 0 bridgehead atoms. The van der Waals surface area contributed by atoms with Crippen molar-refractivity contribution in [1.29, 1.82) is 5.26 Å². The number of furan rings is 1. The second kappa shape index (κ2) is 8.65. The van der Waals surface area contributed by atoms with Crippen LogP contribution in [0, 0.1) is 11.3 Å². The molecule has 0 unspecified atom stereocenters. The summed E-state index contributed by atoms with van der Waals surface area (Å²) in [5, 5.41) is 12.4. The molecular weight excluding hydrogens is 352 g/mol. The van der Waals surface area contributed by atoms with E-state index in [1.54, 1.807) is 23.4 Å². The summed E-state index contributed by atoms with van der Waals surface area (Å²) in [6.45, 7) is 0.803. The summed E-state index contributed by atoms with van der Waals surface area (Å²) >= 11 is 0. The first-order chi connectivity index (χ1) is 12.3. The minimum atomic E-state index is -2.98. The predicted octanol–water partition coefficient (Wildman–Crippen LogP) is 2.17. The van der Waals surface area contributed by atoms with Crippen LogP contribution in [0.1, 0.15) is 11.3 Å². The molecule has 138 valence electrons. The average molecular weight is 374 g/mol. The number of aliphatic imine (C=N–C) groups is 1. The molecule has 1 N–H and O–H groups in total. The second-order valence-corrected chi connectivity index (χ2v) is 8.38. The lowest BCUT2D eigenvalue weighted by molar-refractivity contribution is 0.498. The summed E-state index contributed by atoms with van der Waals surface area (Å²) in [4.78, 5) is 6.07. The number of nitrogens with zero attached hydrogens (tertiary/aromatic N) is 3. The van der Waals surface area contributed by atoms with E-state index < -0.39 is 9.84 Å². The maximum atomic E-state index is 11.1. The molecule has 0 atom stereocenters. The molecule has 8 heteroatoms. The monoisotopic (exact) mass is 374 g/mol. The topological polar surface area (TPSA) is 98.7 Å². The molecule has 7 nitrogen and oxygen atoms in total. The number of nitrogens with one attached hydrogen (secondary N) is 1. The van der Waals surface area contributed by atoms with Crippen LogP contribution < -0.4 is 5.32 Å². The number of rotatable bonds is 8. The first-order valence-electron chi connectivity index (χ1n) is 8.01. The van der Waals surface area contributed by atoms with Crippen molar-refractivity contribution in [2.24, 2.45) is 4.99 Å². The van der Waals surface area contributed by atoms with Crippen LogP contribution in [0.4, 0.5) is 5.69 Å². The molecule has 0 spiro atoms. The maximum Gasteiger partial charge on any atom is 0.148 e. The number of nitriles is 1. The predicted molar refractivity (Wildman–Crippen MR) is 102 cm³/mol. The van der Waals surface area contributed by atoms with Gasteiger partial charge in [0.15, 0.2) is 0 Å². The largest absolute Gasteiger partial charge is 0.460 e. The molecule has 2 aromatic rings. The molecule has 0 saturated heterocycles. The highest BCUT2D eigenvalue weighted by atomic mass is 32.2. The zero-order valence-corrected chi connectivity index (χ0v) is 15.9. The van der Waals surface area contributed by atoms with E-state index >= 15 is 0 Å². The van der Waals surface area contributed by atoms with Gasteiger partial charge >= 0.3 is 0 Å². The third kappa shape index (κ3) is 6.02. The second-order valence-electron chi connectivity index (χ2n) is 6.12. The standard InChI is InChI=1S/C18H22N4O3S/c1-22(2)13-21-17-6-4-14(10-15(17)11-19)18-7-5-16(25-18)12-20-8-9-26(3,23)24/h4-7,10,13,20H,8-9,12H2,1-3H3. The van der Waals surface area contributed by atoms with Gasteiger partial charge in [0.25, 0.3) is 0 Å². The van der Waals surface area contributed by atoms with E-state index in [2.05, 4.69) is 16.4 Å². The van der Waals surface area contributed by atoms with Gasteiger partial charge in [-0.3, -0.25) is 0 Å². The molecule has 0 amide bonds. The zero-order chi connectivity index (χ0) is 19.2. The normalized spacial score (nSPS) is 11.6. The molecule has 2 rings (SSSR count). The lowest BCUT2D eigenvalue weighted by atomic mass is 10.1. The molecule has 0 aliphatic heterocycles. The fraction of sp³-hybridized carbons (Fsp3) is 0.333. The van der Waals surface area contributed by atoms with Crippen LogP contribution in [0.3, 0.4) is 0 Å². The highest BCUT2D eigenvalue weighted by molar-refractivity contribution is 7.90. The van der Waals surface area contributed by atoms with Crippen molar-refractivity contribution in [1.82, 2.24) is 10.2 Å². The van der Waals surface area contributed by atoms with Gasteiger partial charge in [0.05, 0.1) is 29.9 Å². The molecule has 1 heterocycles. The molecule has 0 fully saturated rings. The minimum Gasteiger partial charge on any atom is -0.460 e. The Bertz CT molecular complexity index is 924. The number of sulfone groups is 1. The number of benzene rings is 1. The summed E-state index contributed by atoms with van der Waals surface area (Å²) in [6, 6.07) is 11.2. The Kier molecular flexibility index (Phi) is 6.55. The van der Waals surface area contributed by atoms with Crippen molar-refractivity contribution in [2.45, 2.75) is 6.54 Å². The van der Waals surface area contributed by atoms with Crippen LogP contribution in [0.25, 0.3) is 11.3 Å². The van der Waals surface area contributed by atoms with E-state index in [0.29, 0.717) is 35.9 Å². The first-order valence-corrected chi connectivity index (χ1v) is 10.1. The zero-order valence-electron chi connectivity index (χ0n) is 15.1. The molecule has 1 aromatic heterocycles. The first kappa shape index (κ1) is 19.7. The van der Waals surface area contributed by atoms with Gasteiger partial charge in [0.1, 0.15) is 27.4 Å². The Hall–Kier alpha value is -2.63. The van der Waals surface area contributed by atoms with E-state index in [1.807, 2.05) is 32.3 Å². The van der Waals surface area contributed by atoms with Gasteiger partial charge < -0.3 is 14.6 Å². The van der Waals surface area contributed by atoms with Crippen molar-refractivity contribution in [3.63, 3.8) is 0 Å². The van der Waals surface area contributed by atoms with E-state index in [9.17, 15) is 13.7 Å². The van der Waals surface area contributed by atoms with Gasteiger partial charge in [-0.1, -0.05) is 0 Å². The van der Waals surface area contributed by atoms with Gasteiger partial charge in [-0.15, -0.1) is 0 Å². The van der Waals surface area contributed by atoms with E-state index in [4.69, 9.17) is 4.42 Å². The number of hydrogen-bond donors (Lipinski definition) is 1. The molecule has 1 aromatic carbocycles. The fourth-order valence-electron chi connectivity index (χ4n) is 2.17. The Labute approximate surface area is 153 Å². The minimum absolute atomic E-state index is 0.0843. The summed E-state index contributed by atoms with van der Waals surface area (Å²) < 4.78 is 28.0. The lowest BCUT2D eigenvalue weighted by Crippen LogP contribution is -2.21. The van der Waals surface area contributed by atoms with Crippen LogP contribution >= 0.6 is 0 Å². The highest BCUT2D eigenvalue weighted by Crippen LogP contribution is 2.28. The molecule has 0 aliphatic carbocycles.